The minimum Gasteiger partial charge on any atom is -0.381 e. The smallest absolute Gasteiger partial charge is 0.228 e. The molecule has 1 heterocycles. The zero-order valence-corrected chi connectivity index (χ0v) is 14.7. The number of carbonyl (C=O) groups excluding carboxylic acids is 2. The molecule has 2 aliphatic rings. The second-order valence-electron chi connectivity index (χ2n) is 7.18. The van der Waals surface area contributed by atoms with E-state index in [1.54, 1.807) is 0 Å². The fourth-order valence-corrected chi connectivity index (χ4v) is 3.16. The molecule has 1 saturated heterocycles. The van der Waals surface area contributed by atoms with Crippen LogP contribution in [-0.4, -0.2) is 31.6 Å². The fourth-order valence-electron chi connectivity index (χ4n) is 3.16. The minimum absolute atomic E-state index is 0.00286. The van der Waals surface area contributed by atoms with Crippen LogP contribution in [0, 0.1) is 11.3 Å². The van der Waals surface area contributed by atoms with Crippen molar-refractivity contribution in [2.75, 3.05) is 25.1 Å². The van der Waals surface area contributed by atoms with Crippen molar-refractivity contribution in [3.05, 3.63) is 29.8 Å². The molecule has 6 heteroatoms. The molecular formula is C19H27N3O3. The van der Waals surface area contributed by atoms with E-state index in [2.05, 4.69) is 10.6 Å². The van der Waals surface area contributed by atoms with Crippen LogP contribution in [0.3, 0.4) is 0 Å². The first kappa shape index (κ1) is 17.9. The Balaban J connectivity index is 1.59. The highest BCUT2D eigenvalue weighted by Gasteiger charge is 2.39. The number of ether oxygens (including phenoxy) is 1. The standard InChI is InChI=1S/C19H27N3O3/c1-13(21-18(24)19(12-20)8-10-25-11-9-19)14-4-6-16(7-5-14)22-17(23)15-2-3-15/h4-7,13,15H,2-3,8-12,20H2,1H3,(H,21,24)(H,22,23). The monoisotopic (exact) mass is 345 g/mol. The lowest BCUT2D eigenvalue weighted by Crippen LogP contribution is -2.49. The molecule has 6 nitrogen and oxygen atoms in total. The maximum absolute atomic E-state index is 12.7. The summed E-state index contributed by atoms with van der Waals surface area (Å²) in [5.74, 6) is 0.278. The minimum atomic E-state index is -0.523. The molecular weight excluding hydrogens is 318 g/mol. The third-order valence-corrected chi connectivity index (χ3v) is 5.30. The van der Waals surface area contributed by atoms with Crippen LogP contribution in [0.1, 0.15) is 44.2 Å². The van der Waals surface area contributed by atoms with Crippen LogP contribution in [0.4, 0.5) is 5.69 Å². The Hall–Kier alpha value is -1.92. The summed E-state index contributed by atoms with van der Waals surface area (Å²) in [6, 6.07) is 7.52. The first-order valence-electron chi connectivity index (χ1n) is 9.04. The van der Waals surface area contributed by atoms with E-state index >= 15 is 0 Å². The molecule has 3 rings (SSSR count). The molecule has 2 fully saturated rings. The molecule has 136 valence electrons. The Labute approximate surface area is 148 Å². The van der Waals surface area contributed by atoms with Crippen LogP contribution >= 0.6 is 0 Å². The van der Waals surface area contributed by atoms with Crippen LogP contribution in [0.15, 0.2) is 24.3 Å². The molecule has 1 saturated carbocycles. The number of rotatable bonds is 6. The predicted octanol–water partition coefficient (Wildman–Crippen LogP) is 1.97. The van der Waals surface area contributed by atoms with E-state index in [4.69, 9.17) is 10.5 Å². The largest absolute Gasteiger partial charge is 0.381 e. The number of nitrogens with one attached hydrogen (secondary N) is 2. The lowest BCUT2D eigenvalue weighted by Gasteiger charge is -2.35. The number of benzene rings is 1. The molecule has 25 heavy (non-hydrogen) atoms. The third kappa shape index (κ3) is 4.19. The summed E-state index contributed by atoms with van der Waals surface area (Å²) in [4.78, 5) is 24.5. The predicted molar refractivity (Wildman–Crippen MR) is 95.9 cm³/mol. The molecule has 1 atom stereocenters. The molecule has 4 N–H and O–H groups in total. The Morgan fingerprint density at radius 2 is 1.88 bits per heavy atom. The molecule has 0 radical (unpaired) electrons. The molecule has 1 aliphatic heterocycles. The molecule has 1 aromatic rings. The average Bonchev–Trinajstić information content (AvgIpc) is 3.48. The summed E-state index contributed by atoms with van der Waals surface area (Å²) in [7, 11) is 0. The van der Waals surface area contributed by atoms with Gasteiger partial charge in [0.1, 0.15) is 0 Å². The highest BCUT2D eigenvalue weighted by molar-refractivity contribution is 5.94. The van der Waals surface area contributed by atoms with E-state index in [0.717, 1.165) is 24.1 Å². The summed E-state index contributed by atoms with van der Waals surface area (Å²) in [5, 5.41) is 6.01. The summed E-state index contributed by atoms with van der Waals surface area (Å²) in [5.41, 5.74) is 7.16. The normalized spacial score (nSPS) is 20.6. The van der Waals surface area contributed by atoms with Crippen LogP contribution in [-0.2, 0) is 14.3 Å². The first-order valence-corrected chi connectivity index (χ1v) is 9.04. The van der Waals surface area contributed by atoms with Crippen molar-refractivity contribution >= 4 is 17.5 Å². The van der Waals surface area contributed by atoms with Gasteiger partial charge in [-0.05, 0) is 50.3 Å². The number of nitrogens with two attached hydrogens (primary N) is 1. The van der Waals surface area contributed by atoms with E-state index in [1.807, 2.05) is 31.2 Å². The highest BCUT2D eigenvalue weighted by atomic mass is 16.5. The van der Waals surface area contributed by atoms with Gasteiger partial charge in [-0.3, -0.25) is 9.59 Å². The van der Waals surface area contributed by atoms with E-state index in [0.29, 0.717) is 32.6 Å². The maximum atomic E-state index is 12.7. The molecule has 1 aromatic carbocycles. The van der Waals surface area contributed by atoms with Gasteiger partial charge in [0.25, 0.3) is 0 Å². The van der Waals surface area contributed by atoms with E-state index in [1.165, 1.54) is 0 Å². The molecule has 1 unspecified atom stereocenters. The summed E-state index contributed by atoms with van der Waals surface area (Å²) in [6.07, 6.45) is 3.30. The van der Waals surface area contributed by atoms with Gasteiger partial charge in [0.2, 0.25) is 11.8 Å². The molecule has 0 spiro atoms. The van der Waals surface area contributed by atoms with Crippen molar-refractivity contribution < 1.29 is 14.3 Å². The Morgan fingerprint density at radius 1 is 1.24 bits per heavy atom. The van der Waals surface area contributed by atoms with Gasteiger partial charge in [0.05, 0.1) is 11.5 Å². The van der Waals surface area contributed by atoms with Crippen molar-refractivity contribution in [3.63, 3.8) is 0 Å². The summed E-state index contributed by atoms with van der Waals surface area (Å²) in [6.45, 7) is 3.45. The van der Waals surface area contributed by atoms with Gasteiger partial charge in [0.15, 0.2) is 0 Å². The van der Waals surface area contributed by atoms with Crippen LogP contribution in [0.25, 0.3) is 0 Å². The SMILES string of the molecule is CC(NC(=O)C1(CN)CCOCC1)c1ccc(NC(=O)C2CC2)cc1. The van der Waals surface area contributed by atoms with Gasteiger partial charge in [0, 0.05) is 31.4 Å². The van der Waals surface area contributed by atoms with Crippen LogP contribution < -0.4 is 16.4 Å². The highest BCUT2D eigenvalue weighted by Crippen LogP contribution is 2.31. The third-order valence-electron chi connectivity index (χ3n) is 5.30. The average molecular weight is 345 g/mol. The topological polar surface area (TPSA) is 93.5 Å². The molecule has 0 bridgehead atoms. The van der Waals surface area contributed by atoms with Gasteiger partial charge in [-0.25, -0.2) is 0 Å². The van der Waals surface area contributed by atoms with Gasteiger partial charge in [-0.2, -0.15) is 0 Å². The molecule has 2 amide bonds. The molecule has 1 aliphatic carbocycles. The van der Waals surface area contributed by atoms with E-state index in [-0.39, 0.29) is 23.8 Å². The number of carbonyl (C=O) groups is 2. The quantitative estimate of drug-likeness (QED) is 0.735. The van der Waals surface area contributed by atoms with Crippen molar-refractivity contribution in [1.82, 2.24) is 5.32 Å². The van der Waals surface area contributed by atoms with Gasteiger partial charge in [-0.15, -0.1) is 0 Å². The maximum Gasteiger partial charge on any atom is 0.228 e. The van der Waals surface area contributed by atoms with Crippen molar-refractivity contribution in [2.45, 2.75) is 38.6 Å². The van der Waals surface area contributed by atoms with E-state index in [9.17, 15) is 9.59 Å². The van der Waals surface area contributed by atoms with Gasteiger partial charge in [-0.1, -0.05) is 12.1 Å². The second-order valence-corrected chi connectivity index (χ2v) is 7.18. The zero-order chi connectivity index (χ0) is 17.9. The lowest BCUT2D eigenvalue weighted by atomic mass is 9.79. The fraction of sp³-hybridized carbons (Fsp3) is 0.579. The van der Waals surface area contributed by atoms with Crippen molar-refractivity contribution in [1.29, 1.82) is 0 Å². The Kier molecular flexibility index (Phi) is 5.39. The number of anilines is 1. The number of hydrogen-bond donors (Lipinski definition) is 3. The van der Waals surface area contributed by atoms with Crippen molar-refractivity contribution in [2.24, 2.45) is 17.1 Å². The molecule has 0 aromatic heterocycles. The Bertz CT molecular complexity index is 619. The second kappa shape index (κ2) is 7.54. The van der Waals surface area contributed by atoms with Crippen LogP contribution in [0.2, 0.25) is 0 Å². The van der Waals surface area contributed by atoms with Gasteiger partial charge >= 0.3 is 0 Å². The summed E-state index contributed by atoms with van der Waals surface area (Å²) < 4.78 is 5.36. The zero-order valence-electron chi connectivity index (χ0n) is 14.7. The summed E-state index contributed by atoms with van der Waals surface area (Å²) >= 11 is 0. The van der Waals surface area contributed by atoms with Crippen molar-refractivity contribution in [3.8, 4) is 0 Å². The Morgan fingerprint density at radius 3 is 2.44 bits per heavy atom. The number of amides is 2. The van der Waals surface area contributed by atoms with E-state index < -0.39 is 5.41 Å². The lowest BCUT2D eigenvalue weighted by molar-refractivity contribution is -0.136. The number of hydrogen-bond acceptors (Lipinski definition) is 4. The first-order chi connectivity index (χ1) is 12.0. The van der Waals surface area contributed by atoms with Crippen LogP contribution in [0.5, 0.6) is 0 Å². The van der Waals surface area contributed by atoms with Gasteiger partial charge < -0.3 is 21.1 Å².